The zero-order valence-corrected chi connectivity index (χ0v) is 35.5. The molecule has 0 aromatic carbocycles. The summed E-state index contributed by atoms with van der Waals surface area (Å²) in [7, 11) is 0. The number of unbranched alkanes of at least 4 members (excludes halogenated alkanes) is 6. The summed E-state index contributed by atoms with van der Waals surface area (Å²) in [5.74, 6) is 3.13. The fourth-order valence-electron chi connectivity index (χ4n) is 3.17. The molecule has 0 spiro atoms. The van der Waals surface area contributed by atoms with Gasteiger partial charge in [0, 0.05) is 56.8 Å². The van der Waals surface area contributed by atoms with Gasteiger partial charge in [0.25, 0.3) is 0 Å². The van der Waals surface area contributed by atoms with Crippen molar-refractivity contribution in [1.82, 2.24) is 16.0 Å². The molecule has 0 unspecified atom stereocenters. The molecule has 0 aliphatic carbocycles. The summed E-state index contributed by atoms with van der Waals surface area (Å²) in [6.07, 6.45) is 16.7. The predicted octanol–water partition coefficient (Wildman–Crippen LogP) is 10.2. The second-order valence-corrected chi connectivity index (χ2v) is 11.1. The molecule has 0 bridgehead atoms. The molecule has 50 heavy (non-hydrogen) atoms. The van der Waals surface area contributed by atoms with E-state index in [1.807, 2.05) is 27.7 Å². The fraction of sp³-hybridized carbons (Fsp3) is 0.846. The average Bonchev–Trinajstić information content (AvgIpc) is 3.89. The minimum absolute atomic E-state index is 0.307. The van der Waals surface area contributed by atoms with Crippen LogP contribution in [0.25, 0.3) is 9.69 Å². The maximum Gasteiger partial charge on any atom is 0.214 e. The van der Waals surface area contributed by atoms with E-state index >= 15 is 0 Å². The third-order valence-corrected chi connectivity index (χ3v) is 6.46. The highest BCUT2D eigenvalue weighted by atomic mass is 32.1. The number of hydrogen-bond donors (Lipinski definition) is 7. The first kappa shape index (κ1) is 59.4. The van der Waals surface area contributed by atoms with Crippen LogP contribution in [-0.4, -0.2) is 74.9 Å². The van der Waals surface area contributed by atoms with Crippen LogP contribution in [0.3, 0.4) is 0 Å². The molecular formula is C39H84N10S. The molecule has 0 amide bonds. The molecule has 11 heteroatoms. The van der Waals surface area contributed by atoms with E-state index in [1.54, 1.807) is 0 Å². The Morgan fingerprint density at radius 2 is 1.18 bits per heavy atom. The van der Waals surface area contributed by atoms with Crippen molar-refractivity contribution in [3.05, 3.63) is 22.8 Å². The van der Waals surface area contributed by atoms with Crippen molar-refractivity contribution in [3.63, 3.8) is 0 Å². The van der Waals surface area contributed by atoms with E-state index in [0.717, 1.165) is 109 Å². The molecule has 0 saturated carbocycles. The van der Waals surface area contributed by atoms with E-state index in [4.69, 9.17) is 29.7 Å². The van der Waals surface area contributed by atoms with Crippen molar-refractivity contribution in [2.45, 2.75) is 166 Å². The van der Waals surface area contributed by atoms with Crippen LogP contribution in [0.15, 0.2) is 9.98 Å². The lowest BCUT2D eigenvalue weighted by Crippen LogP contribution is -2.34. The second-order valence-electron chi connectivity index (χ2n) is 10.8. The van der Waals surface area contributed by atoms with E-state index in [1.165, 1.54) is 37.9 Å². The second kappa shape index (κ2) is 61.4. The van der Waals surface area contributed by atoms with Gasteiger partial charge in [0.15, 0.2) is 5.96 Å². The van der Waals surface area contributed by atoms with Crippen LogP contribution in [0.4, 0.5) is 0 Å². The Kier molecular flexibility index (Phi) is 72.9. The molecule has 0 radical (unpaired) electrons. The van der Waals surface area contributed by atoms with Gasteiger partial charge in [-0.1, -0.05) is 94.9 Å². The van der Waals surface area contributed by atoms with Crippen molar-refractivity contribution < 1.29 is 0 Å². The van der Waals surface area contributed by atoms with Crippen LogP contribution in [0, 0.1) is 24.0 Å². The molecule has 0 fully saturated rings. The number of rotatable bonds is 17. The number of nitrogens with zero attached hydrogens (tertiary/aromatic N) is 4. The predicted molar refractivity (Wildman–Crippen MR) is 231 cm³/mol. The van der Waals surface area contributed by atoms with Gasteiger partial charge >= 0.3 is 0 Å². The molecule has 2 rings (SSSR count). The summed E-state index contributed by atoms with van der Waals surface area (Å²) in [6, 6.07) is 0. The van der Waals surface area contributed by atoms with E-state index in [2.05, 4.69) is 89.8 Å². The first-order chi connectivity index (χ1) is 24.3. The Hall–Kier alpha value is -2.79. The molecule has 2 aliphatic rings. The van der Waals surface area contributed by atoms with Gasteiger partial charge in [0.05, 0.1) is 24.8 Å². The molecule has 7 N–H and O–H groups in total. The van der Waals surface area contributed by atoms with Crippen molar-refractivity contribution in [3.8, 4) is 0 Å². The first-order valence-electron chi connectivity index (χ1n) is 19.7. The summed E-state index contributed by atoms with van der Waals surface area (Å²) >= 11 is 3.96. The highest BCUT2D eigenvalue weighted by molar-refractivity contribution is 7.81. The van der Waals surface area contributed by atoms with Crippen molar-refractivity contribution in [2.75, 3.05) is 51.6 Å². The van der Waals surface area contributed by atoms with Gasteiger partial charge in [0.1, 0.15) is 0 Å². The Morgan fingerprint density at radius 1 is 0.720 bits per heavy atom. The standard InChI is InChI=1S/C7H15N3.C7H14N2.C6H13NS.C5H12N2.2C5H9N.2C2H6/c1-2-3-4-8-7-9-5-6-10-7;1-2-3-4-7-8-5-6-9-7;1-2-3-4-6(7)5-8;1-2-3-4-5(6)7;2*1-3-4-5-6-2;2*1-2/h2-6H2,1H3,(H2,8,9,10);2-6H2,1H3,(H,8,9);7-8H,2-5H2,1H3;2-4H2,1H3,(H3,6,7);2*3-5H2,1H3;2*1-2H3. The van der Waals surface area contributed by atoms with Gasteiger partial charge in [-0.3, -0.25) is 15.4 Å². The van der Waals surface area contributed by atoms with Gasteiger partial charge in [-0.2, -0.15) is 12.6 Å². The third-order valence-electron chi connectivity index (χ3n) is 6.08. The van der Waals surface area contributed by atoms with Gasteiger partial charge in [-0.05, 0) is 44.9 Å². The quantitative estimate of drug-likeness (QED) is 0.0263. The van der Waals surface area contributed by atoms with E-state index in [-0.39, 0.29) is 0 Å². The molecule has 0 atom stereocenters. The smallest absolute Gasteiger partial charge is 0.214 e. The highest BCUT2D eigenvalue weighted by Crippen LogP contribution is 1.98. The summed E-state index contributed by atoms with van der Waals surface area (Å²) in [5, 5.41) is 23.6. The Balaban J connectivity index is -0.000000115. The van der Waals surface area contributed by atoms with Gasteiger partial charge in [-0.15, -0.1) is 0 Å². The fourth-order valence-corrected chi connectivity index (χ4v) is 3.33. The van der Waals surface area contributed by atoms with Crippen LogP contribution < -0.4 is 21.7 Å². The van der Waals surface area contributed by atoms with E-state index < -0.39 is 0 Å². The first-order valence-corrected chi connectivity index (χ1v) is 20.4. The van der Waals surface area contributed by atoms with E-state index in [9.17, 15) is 0 Å². The monoisotopic (exact) mass is 725 g/mol. The zero-order valence-electron chi connectivity index (χ0n) is 34.6. The lowest BCUT2D eigenvalue weighted by Gasteiger charge is -2.03. The van der Waals surface area contributed by atoms with Crippen molar-refractivity contribution in [1.29, 1.82) is 10.8 Å². The van der Waals surface area contributed by atoms with Crippen LogP contribution in [0.2, 0.25) is 0 Å². The van der Waals surface area contributed by atoms with E-state index in [0.29, 0.717) is 24.7 Å². The van der Waals surface area contributed by atoms with Gasteiger partial charge < -0.3 is 36.8 Å². The highest BCUT2D eigenvalue weighted by Gasteiger charge is 2.02. The molecule has 0 aromatic rings. The number of guanidine groups is 1. The maximum atomic E-state index is 7.16. The lowest BCUT2D eigenvalue weighted by molar-refractivity contribution is 0.744. The number of amidine groups is 2. The third kappa shape index (κ3) is 67.4. The maximum absolute atomic E-state index is 7.16. The van der Waals surface area contributed by atoms with Gasteiger partial charge in [-0.25, -0.2) is 13.1 Å². The van der Waals surface area contributed by atoms with Crippen molar-refractivity contribution in [2.24, 2.45) is 15.7 Å². The van der Waals surface area contributed by atoms with Crippen LogP contribution in [0.5, 0.6) is 0 Å². The molecule has 296 valence electrons. The largest absolute Gasteiger partial charge is 0.388 e. The molecule has 10 nitrogen and oxygen atoms in total. The number of thiol groups is 1. The molecular weight excluding hydrogens is 641 g/mol. The summed E-state index contributed by atoms with van der Waals surface area (Å²) in [5.41, 5.74) is 5.82. The zero-order chi connectivity index (χ0) is 39.5. The normalized spacial score (nSPS) is 11.1. The molecule has 0 aromatic heterocycles. The Bertz CT molecular complexity index is 784. The van der Waals surface area contributed by atoms with Crippen LogP contribution in [-0.2, 0) is 0 Å². The molecule has 2 aliphatic heterocycles. The summed E-state index contributed by atoms with van der Waals surface area (Å²) in [6.45, 7) is 39.9. The molecule has 2 heterocycles. The Morgan fingerprint density at radius 3 is 1.50 bits per heavy atom. The number of nitrogens with one attached hydrogen (secondary N) is 5. The van der Waals surface area contributed by atoms with Crippen LogP contribution in [0.1, 0.15) is 166 Å². The lowest BCUT2D eigenvalue weighted by atomic mass is 10.2. The summed E-state index contributed by atoms with van der Waals surface area (Å²) < 4.78 is 0. The number of hydrogen-bond acceptors (Lipinski definition) is 8. The minimum atomic E-state index is 0.307. The average molecular weight is 725 g/mol. The number of aliphatic imine (C=N–C) groups is 2. The topological polar surface area (TPSA) is 143 Å². The van der Waals surface area contributed by atoms with Crippen LogP contribution >= 0.6 is 12.6 Å². The number of nitrogens with two attached hydrogens (primary N) is 1. The SMILES string of the molecule is CC.CC.CCCCC(=N)CS.CCCCC(=N)N.CCCCC1=NCCN1.CCCCNC1=NCCN1.[C-]#[N+]CCCC.[C-]#[N+]CCCC. The van der Waals surface area contributed by atoms with Gasteiger partial charge in [0.2, 0.25) is 13.1 Å². The van der Waals surface area contributed by atoms with Crippen molar-refractivity contribution >= 4 is 36.0 Å². The summed E-state index contributed by atoms with van der Waals surface area (Å²) in [4.78, 5) is 14.8. The Labute approximate surface area is 317 Å². The minimum Gasteiger partial charge on any atom is -0.388 e. The molecule has 0 saturated heterocycles.